The number of alkyl carbamates (subject to hydrolysis) is 1. The first-order valence-electron chi connectivity index (χ1n) is 6.15. The standard InChI is InChI=1S/C12H26N2O2.ClH/c1-6-16-12(15)13-8-7-9-14(10(2)3)11(4)5;/h10-11H,6-9H2,1-5H3,(H,13,15);1H. The molecule has 0 fully saturated rings. The van der Waals surface area contributed by atoms with Crippen LogP contribution in [0.4, 0.5) is 4.79 Å². The summed E-state index contributed by atoms with van der Waals surface area (Å²) in [5, 5.41) is 2.73. The smallest absolute Gasteiger partial charge is 0.407 e. The van der Waals surface area contributed by atoms with Crippen molar-refractivity contribution in [1.29, 1.82) is 0 Å². The Balaban J connectivity index is 0. The van der Waals surface area contributed by atoms with Gasteiger partial charge in [0.1, 0.15) is 0 Å². The van der Waals surface area contributed by atoms with Crippen LogP contribution in [0, 0.1) is 0 Å². The molecular weight excluding hydrogens is 240 g/mol. The Morgan fingerprint density at radius 1 is 1.24 bits per heavy atom. The summed E-state index contributed by atoms with van der Waals surface area (Å²) in [4.78, 5) is 13.4. The Labute approximate surface area is 111 Å². The highest BCUT2D eigenvalue weighted by molar-refractivity contribution is 5.85. The molecular formula is C12H27ClN2O2. The van der Waals surface area contributed by atoms with E-state index in [4.69, 9.17) is 4.74 Å². The van der Waals surface area contributed by atoms with E-state index in [-0.39, 0.29) is 18.5 Å². The molecule has 0 saturated carbocycles. The lowest BCUT2D eigenvalue weighted by Crippen LogP contribution is -2.39. The monoisotopic (exact) mass is 266 g/mol. The van der Waals surface area contributed by atoms with E-state index >= 15 is 0 Å². The van der Waals surface area contributed by atoms with Crippen molar-refractivity contribution in [2.45, 2.75) is 53.1 Å². The third kappa shape index (κ3) is 9.24. The van der Waals surface area contributed by atoms with E-state index in [1.807, 2.05) is 0 Å². The summed E-state index contributed by atoms with van der Waals surface area (Å²) < 4.78 is 4.78. The summed E-state index contributed by atoms with van der Waals surface area (Å²) >= 11 is 0. The fraction of sp³-hybridized carbons (Fsp3) is 0.917. The van der Waals surface area contributed by atoms with Crippen molar-refractivity contribution >= 4 is 18.5 Å². The van der Waals surface area contributed by atoms with Gasteiger partial charge in [-0.1, -0.05) is 0 Å². The lowest BCUT2D eigenvalue weighted by molar-refractivity contribution is 0.148. The van der Waals surface area contributed by atoms with Gasteiger partial charge in [0.15, 0.2) is 0 Å². The van der Waals surface area contributed by atoms with Crippen LogP contribution >= 0.6 is 12.4 Å². The average Bonchev–Trinajstić information content (AvgIpc) is 2.16. The molecule has 0 heterocycles. The van der Waals surface area contributed by atoms with Gasteiger partial charge in [0.05, 0.1) is 6.61 Å². The molecule has 0 aliphatic rings. The van der Waals surface area contributed by atoms with Crippen molar-refractivity contribution in [2.24, 2.45) is 0 Å². The third-order valence-electron chi connectivity index (χ3n) is 2.46. The number of nitrogens with one attached hydrogen (secondary N) is 1. The number of nitrogens with zero attached hydrogens (tertiary/aromatic N) is 1. The number of amides is 1. The fourth-order valence-electron chi connectivity index (χ4n) is 1.75. The van der Waals surface area contributed by atoms with Crippen LogP contribution in [-0.2, 0) is 4.74 Å². The number of hydrogen-bond donors (Lipinski definition) is 1. The van der Waals surface area contributed by atoms with Gasteiger partial charge in [-0.05, 0) is 41.0 Å². The summed E-state index contributed by atoms with van der Waals surface area (Å²) in [6.07, 6.45) is 0.637. The molecule has 1 N–H and O–H groups in total. The number of rotatable bonds is 7. The summed E-state index contributed by atoms with van der Waals surface area (Å²) in [5.74, 6) is 0. The Morgan fingerprint density at radius 3 is 2.18 bits per heavy atom. The molecule has 0 aromatic carbocycles. The minimum atomic E-state index is -0.317. The van der Waals surface area contributed by atoms with Gasteiger partial charge >= 0.3 is 6.09 Å². The molecule has 0 spiro atoms. The Bertz CT molecular complexity index is 191. The van der Waals surface area contributed by atoms with Crippen LogP contribution in [-0.4, -0.2) is 42.8 Å². The van der Waals surface area contributed by atoms with E-state index in [2.05, 4.69) is 37.9 Å². The number of carbonyl (C=O) groups excluding carboxylic acids is 1. The SMILES string of the molecule is CCOC(=O)NCCCN(C(C)C)C(C)C.Cl. The van der Waals surface area contributed by atoms with E-state index in [9.17, 15) is 4.79 Å². The first-order valence-corrected chi connectivity index (χ1v) is 6.15. The minimum absolute atomic E-state index is 0. The van der Waals surface area contributed by atoms with Gasteiger partial charge in [-0.15, -0.1) is 12.4 Å². The molecule has 4 nitrogen and oxygen atoms in total. The molecule has 0 saturated heterocycles. The molecule has 0 rings (SSSR count). The zero-order valence-corrected chi connectivity index (χ0v) is 12.5. The largest absolute Gasteiger partial charge is 0.450 e. The van der Waals surface area contributed by atoms with Crippen molar-refractivity contribution in [2.75, 3.05) is 19.7 Å². The lowest BCUT2D eigenvalue weighted by atomic mass is 10.2. The highest BCUT2D eigenvalue weighted by atomic mass is 35.5. The number of ether oxygens (including phenoxy) is 1. The summed E-state index contributed by atoms with van der Waals surface area (Å²) in [6, 6.07) is 1.09. The second-order valence-corrected chi connectivity index (χ2v) is 4.43. The van der Waals surface area contributed by atoms with E-state index in [0.717, 1.165) is 13.0 Å². The molecule has 0 radical (unpaired) electrons. The predicted molar refractivity (Wildman–Crippen MR) is 73.9 cm³/mol. The molecule has 0 unspecified atom stereocenters. The zero-order chi connectivity index (χ0) is 12.6. The first-order chi connectivity index (χ1) is 7.49. The number of hydrogen-bond acceptors (Lipinski definition) is 3. The van der Waals surface area contributed by atoms with Crippen LogP contribution in [0.15, 0.2) is 0 Å². The molecule has 5 heteroatoms. The van der Waals surface area contributed by atoms with Crippen LogP contribution in [0.5, 0.6) is 0 Å². The Morgan fingerprint density at radius 2 is 1.76 bits per heavy atom. The second kappa shape index (κ2) is 10.7. The van der Waals surface area contributed by atoms with E-state index in [1.54, 1.807) is 6.92 Å². The Kier molecular flexibility index (Phi) is 11.8. The van der Waals surface area contributed by atoms with E-state index in [0.29, 0.717) is 25.2 Å². The van der Waals surface area contributed by atoms with Gasteiger partial charge in [-0.25, -0.2) is 4.79 Å². The van der Waals surface area contributed by atoms with E-state index < -0.39 is 0 Å². The van der Waals surface area contributed by atoms with Crippen molar-refractivity contribution in [1.82, 2.24) is 10.2 Å². The van der Waals surface area contributed by atoms with Gasteiger partial charge in [0.25, 0.3) is 0 Å². The van der Waals surface area contributed by atoms with Crippen molar-refractivity contribution in [3.8, 4) is 0 Å². The topological polar surface area (TPSA) is 41.6 Å². The average molecular weight is 267 g/mol. The van der Waals surface area contributed by atoms with Crippen molar-refractivity contribution in [3.05, 3.63) is 0 Å². The van der Waals surface area contributed by atoms with Gasteiger partial charge in [0, 0.05) is 25.2 Å². The van der Waals surface area contributed by atoms with Crippen LogP contribution in [0.2, 0.25) is 0 Å². The summed E-state index contributed by atoms with van der Waals surface area (Å²) in [5.41, 5.74) is 0. The number of carbonyl (C=O) groups is 1. The first kappa shape index (κ1) is 18.9. The lowest BCUT2D eigenvalue weighted by Gasteiger charge is -2.30. The molecule has 0 bridgehead atoms. The van der Waals surface area contributed by atoms with E-state index in [1.165, 1.54) is 0 Å². The molecule has 0 atom stereocenters. The normalized spacial score (nSPS) is 10.6. The maximum atomic E-state index is 11.0. The third-order valence-corrected chi connectivity index (χ3v) is 2.46. The highest BCUT2D eigenvalue weighted by Crippen LogP contribution is 2.05. The predicted octanol–water partition coefficient (Wildman–Crippen LogP) is 2.66. The second-order valence-electron chi connectivity index (χ2n) is 4.43. The van der Waals surface area contributed by atoms with Crippen LogP contribution in [0.3, 0.4) is 0 Å². The van der Waals surface area contributed by atoms with Crippen LogP contribution in [0.1, 0.15) is 41.0 Å². The Hall–Kier alpha value is -0.480. The maximum absolute atomic E-state index is 11.0. The molecule has 1 amide bonds. The van der Waals surface area contributed by atoms with Gasteiger partial charge in [-0.3, -0.25) is 4.90 Å². The van der Waals surface area contributed by atoms with Gasteiger partial charge < -0.3 is 10.1 Å². The molecule has 0 aliphatic carbocycles. The van der Waals surface area contributed by atoms with Crippen molar-refractivity contribution in [3.63, 3.8) is 0 Å². The summed E-state index contributed by atoms with van der Waals surface area (Å²) in [7, 11) is 0. The quantitative estimate of drug-likeness (QED) is 0.721. The summed E-state index contributed by atoms with van der Waals surface area (Å²) in [6.45, 7) is 12.7. The number of halogens is 1. The molecule has 104 valence electrons. The van der Waals surface area contributed by atoms with Gasteiger partial charge in [-0.2, -0.15) is 0 Å². The minimum Gasteiger partial charge on any atom is -0.450 e. The molecule has 17 heavy (non-hydrogen) atoms. The maximum Gasteiger partial charge on any atom is 0.407 e. The van der Waals surface area contributed by atoms with Crippen LogP contribution < -0.4 is 5.32 Å². The van der Waals surface area contributed by atoms with Crippen molar-refractivity contribution < 1.29 is 9.53 Å². The molecule has 0 aliphatic heterocycles. The van der Waals surface area contributed by atoms with Gasteiger partial charge in [0.2, 0.25) is 0 Å². The zero-order valence-electron chi connectivity index (χ0n) is 11.7. The fourth-order valence-corrected chi connectivity index (χ4v) is 1.75. The molecule has 0 aromatic rings. The highest BCUT2D eigenvalue weighted by Gasteiger charge is 2.12. The molecule has 0 aromatic heterocycles. The van der Waals surface area contributed by atoms with Crippen LogP contribution in [0.25, 0.3) is 0 Å².